The first-order valence-electron chi connectivity index (χ1n) is 5.82. The van der Waals surface area contributed by atoms with E-state index >= 15 is 0 Å². The summed E-state index contributed by atoms with van der Waals surface area (Å²) in [6, 6.07) is 4.01. The number of carbonyl (C=O) groups excluding carboxylic acids is 3. The maximum absolute atomic E-state index is 11.6. The lowest BCUT2D eigenvalue weighted by Gasteiger charge is -2.15. The first-order chi connectivity index (χ1) is 9.51. The van der Waals surface area contributed by atoms with Crippen molar-refractivity contribution in [1.29, 1.82) is 0 Å². The molecular formula is C13H11ClN2O4. The third kappa shape index (κ3) is 2.97. The predicted molar refractivity (Wildman–Crippen MR) is 72.3 cm³/mol. The van der Waals surface area contributed by atoms with Gasteiger partial charge in [0.15, 0.2) is 0 Å². The Bertz CT molecular complexity index is 603. The van der Waals surface area contributed by atoms with Gasteiger partial charge in [0.25, 0.3) is 11.8 Å². The van der Waals surface area contributed by atoms with Gasteiger partial charge in [-0.15, -0.1) is 0 Å². The van der Waals surface area contributed by atoms with Crippen molar-refractivity contribution in [3.8, 4) is 5.75 Å². The van der Waals surface area contributed by atoms with Crippen LogP contribution in [0.4, 0.5) is 4.79 Å². The summed E-state index contributed by atoms with van der Waals surface area (Å²) in [4.78, 5) is 34.2. The van der Waals surface area contributed by atoms with E-state index in [1.54, 1.807) is 18.2 Å². The Morgan fingerprint density at radius 1 is 1.20 bits per heavy atom. The molecule has 6 nitrogen and oxygen atoms in total. The van der Waals surface area contributed by atoms with Gasteiger partial charge in [0, 0.05) is 10.6 Å². The Morgan fingerprint density at radius 3 is 2.45 bits per heavy atom. The molecule has 2 N–H and O–H groups in total. The van der Waals surface area contributed by atoms with Crippen molar-refractivity contribution in [3.05, 3.63) is 34.4 Å². The lowest BCUT2D eigenvalue weighted by Crippen LogP contribution is -2.51. The Balaban J connectivity index is 2.43. The molecule has 1 aromatic carbocycles. The van der Waals surface area contributed by atoms with Gasteiger partial charge in [0.05, 0.1) is 6.61 Å². The second-order valence-corrected chi connectivity index (χ2v) is 4.35. The van der Waals surface area contributed by atoms with E-state index in [4.69, 9.17) is 16.3 Å². The molecule has 20 heavy (non-hydrogen) atoms. The number of carbonyl (C=O) groups is 3. The van der Waals surface area contributed by atoms with E-state index in [0.717, 1.165) is 0 Å². The molecular weight excluding hydrogens is 284 g/mol. The number of amides is 4. The number of ether oxygens (including phenoxy) is 1. The van der Waals surface area contributed by atoms with E-state index < -0.39 is 17.8 Å². The number of barbiturate groups is 1. The normalized spacial score (nSPS) is 14.7. The van der Waals surface area contributed by atoms with Crippen LogP contribution in [0, 0.1) is 0 Å². The van der Waals surface area contributed by atoms with Crippen molar-refractivity contribution in [3.63, 3.8) is 0 Å². The number of halogens is 1. The second-order valence-electron chi connectivity index (χ2n) is 3.91. The Kier molecular flexibility index (Phi) is 4.05. The molecule has 0 bridgehead atoms. The summed E-state index contributed by atoms with van der Waals surface area (Å²) in [5, 5.41) is 4.43. The van der Waals surface area contributed by atoms with Gasteiger partial charge in [0.2, 0.25) is 0 Å². The molecule has 7 heteroatoms. The molecule has 0 aliphatic carbocycles. The molecule has 0 spiro atoms. The van der Waals surface area contributed by atoms with Crippen LogP contribution in [-0.2, 0) is 9.59 Å². The average Bonchev–Trinajstić information content (AvgIpc) is 2.37. The van der Waals surface area contributed by atoms with Crippen LogP contribution < -0.4 is 15.4 Å². The van der Waals surface area contributed by atoms with Gasteiger partial charge in [-0.25, -0.2) is 4.79 Å². The Morgan fingerprint density at radius 2 is 1.85 bits per heavy atom. The minimum Gasteiger partial charge on any atom is -0.493 e. The molecule has 0 saturated carbocycles. The number of hydrogen-bond acceptors (Lipinski definition) is 4. The van der Waals surface area contributed by atoms with E-state index in [1.165, 1.54) is 6.08 Å². The number of nitrogens with one attached hydrogen (secondary N) is 2. The molecule has 0 radical (unpaired) electrons. The van der Waals surface area contributed by atoms with Crippen molar-refractivity contribution < 1.29 is 19.1 Å². The third-order valence-electron chi connectivity index (χ3n) is 2.51. The van der Waals surface area contributed by atoms with E-state index in [9.17, 15) is 14.4 Å². The SMILES string of the molecule is CCOc1ccc(Cl)cc1C=C1C(=O)NC(=O)NC1=O. The van der Waals surface area contributed by atoms with Crippen LogP contribution in [0.25, 0.3) is 6.08 Å². The highest BCUT2D eigenvalue weighted by Crippen LogP contribution is 2.25. The molecule has 104 valence electrons. The van der Waals surface area contributed by atoms with Crippen LogP contribution in [0.3, 0.4) is 0 Å². The molecule has 1 aliphatic heterocycles. The topological polar surface area (TPSA) is 84.5 Å². The average molecular weight is 295 g/mol. The van der Waals surface area contributed by atoms with Crippen molar-refractivity contribution in [2.45, 2.75) is 6.92 Å². The first-order valence-corrected chi connectivity index (χ1v) is 6.19. The molecule has 0 unspecified atom stereocenters. The van der Waals surface area contributed by atoms with Crippen LogP contribution in [0.1, 0.15) is 12.5 Å². The number of imide groups is 2. The van der Waals surface area contributed by atoms with Gasteiger partial charge >= 0.3 is 6.03 Å². The fraction of sp³-hybridized carbons (Fsp3) is 0.154. The third-order valence-corrected chi connectivity index (χ3v) is 2.75. The standard InChI is InChI=1S/C13H11ClN2O4/c1-2-20-10-4-3-8(14)5-7(10)6-9-11(17)15-13(19)16-12(9)18/h3-6H,2H2,1H3,(H2,15,16,17,18,19). The highest BCUT2D eigenvalue weighted by Gasteiger charge is 2.28. The van der Waals surface area contributed by atoms with Gasteiger partial charge < -0.3 is 4.74 Å². The van der Waals surface area contributed by atoms with Gasteiger partial charge in [-0.2, -0.15) is 0 Å². The van der Waals surface area contributed by atoms with Crippen LogP contribution >= 0.6 is 11.6 Å². The fourth-order valence-electron chi connectivity index (χ4n) is 1.68. The summed E-state index contributed by atoms with van der Waals surface area (Å²) in [5.41, 5.74) is 0.293. The molecule has 1 fully saturated rings. The zero-order chi connectivity index (χ0) is 14.7. The number of urea groups is 1. The molecule has 0 atom stereocenters. The number of rotatable bonds is 3. The molecule has 1 aromatic rings. The number of hydrogen-bond donors (Lipinski definition) is 2. The Hall–Kier alpha value is -2.34. The van der Waals surface area contributed by atoms with E-state index in [1.807, 2.05) is 17.6 Å². The zero-order valence-corrected chi connectivity index (χ0v) is 11.3. The van der Waals surface area contributed by atoms with Gasteiger partial charge in [0.1, 0.15) is 11.3 Å². The first kappa shape index (κ1) is 14.1. The minimum absolute atomic E-state index is 0.187. The van der Waals surface area contributed by atoms with Gasteiger partial charge in [-0.3, -0.25) is 20.2 Å². The van der Waals surface area contributed by atoms with Crippen LogP contribution in [0.2, 0.25) is 5.02 Å². The molecule has 1 heterocycles. The minimum atomic E-state index is -0.840. The fourth-order valence-corrected chi connectivity index (χ4v) is 1.86. The highest BCUT2D eigenvalue weighted by molar-refractivity contribution is 6.32. The highest BCUT2D eigenvalue weighted by atomic mass is 35.5. The lowest BCUT2D eigenvalue weighted by atomic mass is 10.1. The quantitative estimate of drug-likeness (QED) is 0.653. The van der Waals surface area contributed by atoms with E-state index in [2.05, 4.69) is 0 Å². The van der Waals surface area contributed by atoms with E-state index in [0.29, 0.717) is 22.9 Å². The summed E-state index contributed by atoms with van der Waals surface area (Å²) >= 11 is 5.89. The smallest absolute Gasteiger partial charge is 0.328 e. The summed E-state index contributed by atoms with van der Waals surface area (Å²) in [6.07, 6.45) is 1.33. The second kappa shape index (κ2) is 5.75. The Labute approximate surface area is 119 Å². The molecule has 1 saturated heterocycles. The van der Waals surface area contributed by atoms with Gasteiger partial charge in [-0.05, 0) is 31.2 Å². The predicted octanol–water partition coefficient (Wildman–Crippen LogP) is 1.49. The van der Waals surface area contributed by atoms with Crippen molar-refractivity contribution in [2.75, 3.05) is 6.61 Å². The lowest BCUT2D eigenvalue weighted by molar-refractivity contribution is -0.123. The monoisotopic (exact) mass is 294 g/mol. The van der Waals surface area contributed by atoms with Crippen LogP contribution in [-0.4, -0.2) is 24.5 Å². The van der Waals surface area contributed by atoms with Crippen molar-refractivity contribution in [2.24, 2.45) is 0 Å². The molecule has 0 aromatic heterocycles. The summed E-state index contributed by atoms with van der Waals surface area (Å²) in [5.74, 6) is -1.04. The van der Waals surface area contributed by atoms with Crippen molar-refractivity contribution in [1.82, 2.24) is 10.6 Å². The maximum Gasteiger partial charge on any atom is 0.328 e. The summed E-state index contributed by atoms with van der Waals surface area (Å²) < 4.78 is 5.39. The van der Waals surface area contributed by atoms with Gasteiger partial charge in [-0.1, -0.05) is 11.6 Å². The zero-order valence-electron chi connectivity index (χ0n) is 10.5. The van der Waals surface area contributed by atoms with Crippen molar-refractivity contribution >= 4 is 35.5 Å². The summed E-state index contributed by atoms with van der Waals surface area (Å²) in [7, 11) is 0. The largest absolute Gasteiger partial charge is 0.493 e. The number of benzene rings is 1. The summed E-state index contributed by atoms with van der Waals surface area (Å²) in [6.45, 7) is 2.24. The molecule has 2 rings (SSSR count). The molecule has 4 amide bonds. The van der Waals surface area contributed by atoms with Crippen LogP contribution in [0.15, 0.2) is 23.8 Å². The maximum atomic E-state index is 11.6. The van der Waals surface area contributed by atoms with Crippen LogP contribution in [0.5, 0.6) is 5.75 Å². The van der Waals surface area contributed by atoms with E-state index in [-0.39, 0.29) is 5.57 Å². The molecule has 1 aliphatic rings.